The number of thiazole rings is 2. The van der Waals surface area contributed by atoms with Crippen molar-refractivity contribution < 1.29 is 4.39 Å². The van der Waals surface area contributed by atoms with Crippen LogP contribution >= 0.6 is 22.7 Å². The molecule has 3 aromatic rings. The molecule has 1 atom stereocenters. The molecule has 2 heterocycles. The van der Waals surface area contributed by atoms with Crippen molar-refractivity contribution in [1.82, 2.24) is 9.97 Å². The number of aromatic nitrogens is 2. The second-order valence-electron chi connectivity index (χ2n) is 4.11. The van der Waals surface area contributed by atoms with E-state index in [1.165, 1.54) is 23.5 Å². The van der Waals surface area contributed by atoms with Gasteiger partial charge in [0.2, 0.25) is 0 Å². The molecule has 3 nitrogen and oxygen atoms in total. The van der Waals surface area contributed by atoms with Crippen molar-refractivity contribution in [1.29, 1.82) is 0 Å². The smallest absolute Gasteiger partial charge is 0.184 e. The zero-order valence-corrected chi connectivity index (χ0v) is 11.9. The van der Waals surface area contributed by atoms with Crippen LogP contribution in [-0.4, -0.2) is 9.97 Å². The maximum Gasteiger partial charge on any atom is 0.184 e. The van der Waals surface area contributed by atoms with E-state index in [0.29, 0.717) is 5.52 Å². The number of halogens is 1. The van der Waals surface area contributed by atoms with E-state index in [0.717, 1.165) is 21.3 Å². The lowest BCUT2D eigenvalue weighted by Gasteiger charge is -2.12. The minimum atomic E-state index is -0.253. The molecule has 1 aromatic carbocycles. The molecule has 0 amide bonds. The summed E-state index contributed by atoms with van der Waals surface area (Å²) in [5.41, 5.74) is 0.696. The first kappa shape index (κ1) is 12.5. The van der Waals surface area contributed by atoms with Crippen LogP contribution < -0.4 is 5.32 Å². The molecule has 0 radical (unpaired) electrons. The molecule has 0 aliphatic rings. The maximum absolute atomic E-state index is 13.1. The highest BCUT2D eigenvalue weighted by molar-refractivity contribution is 7.22. The van der Waals surface area contributed by atoms with Crippen LogP contribution in [0.3, 0.4) is 0 Å². The Morgan fingerprint density at radius 3 is 3.05 bits per heavy atom. The van der Waals surface area contributed by atoms with Gasteiger partial charge in [-0.2, -0.15) is 0 Å². The topological polar surface area (TPSA) is 37.8 Å². The van der Waals surface area contributed by atoms with Crippen LogP contribution in [-0.2, 0) is 0 Å². The third-order valence-corrected chi connectivity index (χ3v) is 4.66. The molecule has 0 aliphatic carbocycles. The quantitative estimate of drug-likeness (QED) is 0.772. The third-order valence-electron chi connectivity index (χ3n) is 2.81. The van der Waals surface area contributed by atoms with Crippen LogP contribution in [0.2, 0.25) is 0 Å². The molecular weight excluding hydrogens is 281 g/mol. The van der Waals surface area contributed by atoms with Crippen LogP contribution in [0, 0.1) is 5.82 Å². The van der Waals surface area contributed by atoms with E-state index in [1.54, 1.807) is 23.6 Å². The van der Waals surface area contributed by atoms with Gasteiger partial charge in [0.1, 0.15) is 10.8 Å². The van der Waals surface area contributed by atoms with Gasteiger partial charge in [-0.1, -0.05) is 18.3 Å². The Hall–Kier alpha value is -1.53. The summed E-state index contributed by atoms with van der Waals surface area (Å²) in [5.74, 6) is -0.253. The molecule has 0 spiro atoms. The van der Waals surface area contributed by atoms with Crippen molar-refractivity contribution in [3.05, 3.63) is 40.6 Å². The molecule has 0 saturated heterocycles. The molecule has 3 rings (SSSR count). The molecular formula is C13H12FN3S2. The molecule has 1 N–H and O–H groups in total. The van der Waals surface area contributed by atoms with E-state index in [1.807, 2.05) is 5.38 Å². The number of nitrogens with zero attached hydrogens (tertiary/aromatic N) is 2. The zero-order chi connectivity index (χ0) is 13.2. The molecule has 0 bridgehead atoms. The standard InChI is InChI=1S/C13H12FN3S2/c1-2-9(12-15-5-6-18-12)16-13-17-10-7-8(14)3-4-11(10)19-13/h3-7,9H,2H2,1H3,(H,16,17). The number of hydrogen-bond acceptors (Lipinski definition) is 5. The Labute approximate surface area is 118 Å². The number of anilines is 1. The first-order chi connectivity index (χ1) is 9.26. The SMILES string of the molecule is CCC(Nc1nc2cc(F)ccc2s1)c1nccs1. The maximum atomic E-state index is 13.1. The average molecular weight is 293 g/mol. The largest absolute Gasteiger partial charge is 0.352 e. The first-order valence-corrected chi connectivity index (χ1v) is 7.68. The summed E-state index contributed by atoms with van der Waals surface area (Å²) in [7, 11) is 0. The summed E-state index contributed by atoms with van der Waals surface area (Å²) in [6.07, 6.45) is 2.73. The summed E-state index contributed by atoms with van der Waals surface area (Å²) in [4.78, 5) is 8.74. The highest BCUT2D eigenvalue weighted by Crippen LogP contribution is 2.30. The van der Waals surface area contributed by atoms with Crippen molar-refractivity contribution in [3.63, 3.8) is 0 Å². The number of hydrogen-bond donors (Lipinski definition) is 1. The van der Waals surface area contributed by atoms with E-state index >= 15 is 0 Å². The van der Waals surface area contributed by atoms with Gasteiger partial charge in [-0.05, 0) is 18.6 Å². The zero-order valence-electron chi connectivity index (χ0n) is 10.3. The van der Waals surface area contributed by atoms with Gasteiger partial charge in [-0.3, -0.25) is 0 Å². The number of rotatable bonds is 4. The second-order valence-corrected chi connectivity index (χ2v) is 6.06. The minimum Gasteiger partial charge on any atom is -0.352 e. The van der Waals surface area contributed by atoms with Crippen LogP contribution in [0.5, 0.6) is 0 Å². The van der Waals surface area contributed by atoms with Crippen LogP contribution in [0.1, 0.15) is 24.4 Å². The fraction of sp³-hybridized carbons (Fsp3) is 0.231. The Balaban J connectivity index is 1.88. The molecule has 0 fully saturated rings. The van der Waals surface area contributed by atoms with E-state index < -0.39 is 0 Å². The molecule has 98 valence electrons. The van der Waals surface area contributed by atoms with Gasteiger partial charge in [-0.15, -0.1) is 11.3 Å². The van der Waals surface area contributed by atoms with Gasteiger partial charge in [0.25, 0.3) is 0 Å². The van der Waals surface area contributed by atoms with Gasteiger partial charge >= 0.3 is 0 Å². The number of fused-ring (bicyclic) bond motifs is 1. The van der Waals surface area contributed by atoms with E-state index in [-0.39, 0.29) is 11.9 Å². The summed E-state index contributed by atoms with van der Waals surface area (Å²) >= 11 is 3.16. The van der Waals surface area contributed by atoms with Crippen LogP contribution in [0.4, 0.5) is 9.52 Å². The highest BCUT2D eigenvalue weighted by atomic mass is 32.1. The Bertz CT molecular complexity index is 678. The fourth-order valence-electron chi connectivity index (χ4n) is 1.86. The van der Waals surface area contributed by atoms with Crippen LogP contribution in [0.25, 0.3) is 10.2 Å². The molecule has 0 saturated carbocycles. The van der Waals surface area contributed by atoms with E-state index in [4.69, 9.17) is 0 Å². The monoisotopic (exact) mass is 293 g/mol. The third kappa shape index (κ3) is 2.59. The van der Waals surface area contributed by atoms with Gasteiger partial charge in [0, 0.05) is 17.6 Å². The summed E-state index contributed by atoms with van der Waals surface area (Å²) in [5, 5.41) is 7.20. The average Bonchev–Trinajstić information content (AvgIpc) is 3.04. The van der Waals surface area contributed by atoms with Crippen molar-refractivity contribution in [2.45, 2.75) is 19.4 Å². The Morgan fingerprint density at radius 2 is 2.32 bits per heavy atom. The van der Waals surface area contributed by atoms with Crippen molar-refractivity contribution in [2.75, 3.05) is 5.32 Å². The molecule has 0 aliphatic heterocycles. The van der Waals surface area contributed by atoms with Crippen LogP contribution in [0.15, 0.2) is 29.8 Å². The predicted molar refractivity (Wildman–Crippen MR) is 78.3 cm³/mol. The summed E-state index contributed by atoms with van der Waals surface area (Å²) in [6.45, 7) is 2.10. The summed E-state index contributed by atoms with van der Waals surface area (Å²) in [6, 6.07) is 4.84. The lowest BCUT2D eigenvalue weighted by molar-refractivity contribution is 0.629. The Morgan fingerprint density at radius 1 is 1.42 bits per heavy atom. The lowest BCUT2D eigenvalue weighted by atomic mass is 10.2. The molecule has 2 aromatic heterocycles. The van der Waals surface area contributed by atoms with Gasteiger partial charge in [-0.25, -0.2) is 14.4 Å². The van der Waals surface area contributed by atoms with Crippen molar-refractivity contribution in [2.24, 2.45) is 0 Å². The van der Waals surface area contributed by atoms with Gasteiger partial charge < -0.3 is 5.32 Å². The molecule has 6 heteroatoms. The number of nitrogens with one attached hydrogen (secondary N) is 1. The predicted octanol–water partition coefficient (Wildman–Crippen LogP) is 4.46. The van der Waals surface area contributed by atoms with Gasteiger partial charge in [0.05, 0.1) is 16.3 Å². The molecule has 1 unspecified atom stereocenters. The number of benzene rings is 1. The Kier molecular flexibility index (Phi) is 3.44. The highest BCUT2D eigenvalue weighted by Gasteiger charge is 2.14. The van der Waals surface area contributed by atoms with Gasteiger partial charge in [0.15, 0.2) is 5.13 Å². The normalized spacial score (nSPS) is 12.7. The summed E-state index contributed by atoms with van der Waals surface area (Å²) < 4.78 is 14.1. The second kappa shape index (κ2) is 5.22. The fourth-order valence-corrected chi connectivity index (χ4v) is 3.53. The van der Waals surface area contributed by atoms with E-state index in [2.05, 4.69) is 22.2 Å². The lowest BCUT2D eigenvalue weighted by Crippen LogP contribution is -2.08. The molecule has 19 heavy (non-hydrogen) atoms. The van der Waals surface area contributed by atoms with E-state index in [9.17, 15) is 4.39 Å². The van der Waals surface area contributed by atoms with Crippen molar-refractivity contribution >= 4 is 38.0 Å². The van der Waals surface area contributed by atoms with Crippen molar-refractivity contribution in [3.8, 4) is 0 Å². The first-order valence-electron chi connectivity index (χ1n) is 5.98. The minimum absolute atomic E-state index is 0.158.